The summed E-state index contributed by atoms with van der Waals surface area (Å²) in [5.74, 6) is 0. The first-order chi connectivity index (χ1) is 6.20. The Balaban J connectivity index is 2.23. The molecule has 0 saturated carbocycles. The summed E-state index contributed by atoms with van der Waals surface area (Å²) in [7, 11) is 0. The van der Waals surface area contributed by atoms with Crippen molar-refractivity contribution >= 4 is 0 Å². The van der Waals surface area contributed by atoms with Crippen molar-refractivity contribution in [3.8, 4) is 0 Å². The summed E-state index contributed by atoms with van der Waals surface area (Å²) in [4.78, 5) is 2.28. The van der Waals surface area contributed by atoms with Gasteiger partial charge in [-0.1, -0.05) is 13.8 Å². The lowest BCUT2D eigenvalue weighted by atomic mass is 10.0. The van der Waals surface area contributed by atoms with Crippen molar-refractivity contribution in [1.82, 2.24) is 10.2 Å². The fourth-order valence-corrected chi connectivity index (χ4v) is 1.82. The Morgan fingerprint density at radius 3 is 2.54 bits per heavy atom. The van der Waals surface area contributed by atoms with Gasteiger partial charge in [0, 0.05) is 13.1 Å². The molecule has 0 bridgehead atoms. The summed E-state index contributed by atoms with van der Waals surface area (Å²) >= 11 is 0. The van der Waals surface area contributed by atoms with E-state index in [-0.39, 0.29) is 0 Å². The van der Waals surface area contributed by atoms with Crippen LogP contribution < -0.4 is 5.32 Å². The maximum absolute atomic E-state index is 13.9. The molecule has 1 heterocycles. The van der Waals surface area contributed by atoms with E-state index in [1.807, 2.05) is 0 Å². The minimum Gasteiger partial charge on any atom is -0.313 e. The number of nitrogens with one attached hydrogen (secondary N) is 1. The molecule has 0 aromatic heterocycles. The number of rotatable bonds is 5. The van der Waals surface area contributed by atoms with E-state index >= 15 is 0 Å². The molecule has 0 aliphatic carbocycles. The number of alkyl halides is 1. The summed E-state index contributed by atoms with van der Waals surface area (Å²) in [6.07, 6.45) is 1.37. The van der Waals surface area contributed by atoms with E-state index in [0.717, 1.165) is 26.2 Å². The van der Waals surface area contributed by atoms with Gasteiger partial charge in [-0.3, -0.25) is 0 Å². The van der Waals surface area contributed by atoms with Gasteiger partial charge >= 0.3 is 0 Å². The predicted molar refractivity (Wildman–Crippen MR) is 53.7 cm³/mol. The molecule has 1 aliphatic rings. The zero-order valence-corrected chi connectivity index (χ0v) is 8.77. The second-order valence-electron chi connectivity index (χ2n) is 3.85. The van der Waals surface area contributed by atoms with E-state index in [1.54, 1.807) is 0 Å². The first-order valence-corrected chi connectivity index (χ1v) is 5.32. The molecule has 1 fully saturated rings. The Morgan fingerprint density at radius 1 is 1.38 bits per heavy atom. The normalized spacial score (nSPS) is 28.6. The molecular formula is C10H21FN2. The van der Waals surface area contributed by atoms with E-state index in [4.69, 9.17) is 0 Å². The van der Waals surface area contributed by atoms with Gasteiger partial charge in [0.15, 0.2) is 0 Å². The molecule has 0 aromatic rings. The monoisotopic (exact) mass is 188 g/mol. The SMILES string of the molecule is CCN(CC)CCC1(F)CCNC1. The summed E-state index contributed by atoms with van der Waals surface area (Å²) in [5.41, 5.74) is -0.928. The van der Waals surface area contributed by atoms with Crippen molar-refractivity contribution in [3.05, 3.63) is 0 Å². The van der Waals surface area contributed by atoms with Crippen LogP contribution in [0.1, 0.15) is 26.7 Å². The Labute approximate surface area is 80.5 Å². The van der Waals surface area contributed by atoms with Gasteiger partial charge in [-0.2, -0.15) is 0 Å². The van der Waals surface area contributed by atoms with Gasteiger partial charge < -0.3 is 10.2 Å². The van der Waals surface area contributed by atoms with Crippen LogP contribution in [0, 0.1) is 0 Å². The molecule has 0 amide bonds. The lowest BCUT2D eigenvalue weighted by molar-refractivity contribution is 0.147. The van der Waals surface area contributed by atoms with Crippen LogP contribution in [0.4, 0.5) is 4.39 Å². The highest BCUT2D eigenvalue weighted by Gasteiger charge is 2.33. The highest BCUT2D eigenvalue weighted by atomic mass is 19.1. The minimum absolute atomic E-state index is 0.550. The van der Waals surface area contributed by atoms with Crippen molar-refractivity contribution in [2.24, 2.45) is 0 Å². The minimum atomic E-state index is -0.928. The molecule has 0 spiro atoms. The van der Waals surface area contributed by atoms with Crippen molar-refractivity contribution < 1.29 is 4.39 Å². The molecule has 1 rings (SSSR count). The van der Waals surface area contributed by atoms with Crippen LogP contribution in [-0.2, 0) is 0 Å². The van der Waals surface area contributed by atoms with E-state index in [1.165, 1.54) is 0 Å². The molecule has 1 unspecified atom stereocenters. The van der Waals surface area contributed by atoms with Gasteiger partial charge in [-0.05, 0) is 32.5 Å². The molecule has 1 saturated heterocycles. The van der Waals surface area contributed by atoms with Gasteiger partial charge in [-0.15, -0.1) is 0 Å². The van der Waals surface area contributed by atoms with Crippen molar-refractivity contribution in [1.29, 1.82) is 0 Å². The largest absolute Gasteiger partial charge is 0.313 e. The number of hydrogen-bond donors (Lipinski definition) is 1. The summed E-state index contributed by atoms with van der Waals surface area (Å²) in [6.45, 7) is 8.59. The van der Waals surface area contributed by atoms with Crippen LogP contribution in [0.5, 0.6) is 0 Å². The summed E-state index contributed by atoms with van der Waals surface area (Å²) in [6, 6.07) is 0. The third kappa shape index (κ3) is 3.24. The molecule has 0 radical (unpaired) electrons. The maximum atomic E-state index is 13.9. The lowest BCUT2D eigenvalue weighted by Crippen LogP contribution is -2.33. The molecule has 3 heteroatoms. The third-order valence-corrected chi connectivity index (χ3v) is 2.96. The first kappa shape index (κ1) is 10.9. The third-order valence-electron chi connectivity index (χ3n) is 2.96. The van der Waals surface area contributed by atoms with Crippen LogP contribution in [-0.4, -0.2) is 43.3 Å². The Hall–Kier alpha value is -0.150. The van der Waals surface area contributed by atoms with Crippen molar-refractivity contribution in [2.75, 3.05) is 32.7 Å². The van der Waals surface area contributed by atoms with Crippen LogP contribution >= 0.6 is 0 Å². The average Bonchev–Trinajstić information content (AvgIpc) is 2.55. The summed E-state index contributed by atoms with van der Waals surface area (Å²) < 4.78 is 13.9. The molecule has 2 nitrogen and oxygen atoms in total. The van der Waals surface area contributed by atoms with E-state index in [0.29, 0.717) is 19.4 Å². The summed E-state index contributed by atoms with van der Waals surface area (Å²) in [5, 5.41) is 3.08. The zero-order valence-electron chi connectivity index (χ0n) is 8.77. The molecule has 0 aromatic carbocycles. The van der Waals surface area contributed by atoms with Crippen LogP contribution in [0.25, 0.3) is 0 Å². The molecule has 1 N–H and O–H groups in total. The fourth-order valence-electron chi connectivity index (χ4n) is 1.82. The van der Waals surface area contributed by atoms with Gasteiger partial charge in [0.05, 0.1) is 0 Å². The van der Waals surface area contributed by atoms with E-state index < -0.39 is 5.67 Å². The second kappa shape index (κ2) is 4.91. The predicted octanol–water partition coefficient (Wildman–Crippen LogP) is 1.42. The molecule has 13 heavy (non-hydrogen) atoms. The fraction of sp³-hybridized carbons (Fsp3) is 1.00. The van der Waals surface area contributed by atoms with E-state index in [9.17, 15) is 4.39 Å². The van der Waals surface area contributed by atoms with Gasteiger partial charge in [-0.25, -0.2) is 4.39 Å². The molecule has 78 valence electrons. The Kier molecular flexibility index (Phi) is 4.13. The number of nitrogens with zero attached hydrogens (tertiary/aromatic N) is 1. The number of halogens is 1. The van der Waals surface area contributed by atoms with Crippen LogP contribution in [0.3, 0.4) is 0 Å². The van der Waals surface area contributed by atoms with Crippen molar-refractivity contribution in [2.45, 2.75) is 32.4 Å². The standard InChI is InChI=1S/C10H21FN2/c1-3-13(4-2)8-6-10(11)5-7-12-9-10/h12H,3-9H2,1-2H3. The highest BCUT2D eigenvalue weighted by molar-refractivity contribution is 4.88. The molecule has 1 atom stereocenters. The average molecular weight is 188 g/mol. The highest BCUT2D eigenvalue weighted by Crippen LogP contribution is 2.23. The van der Waals surface area contributed by atoms with Crippen LogP contribution in [0.2, 0.25) is 0 Å². The second-order valence-corrected chi connectivity index (χ2v) is 3.85. The topological polar surface area (TPSA) is 15.3 Å². The van der Waals surface area contributed by atoms with Gasteiger partial charge in [0.1, 0.15) is 5.67 Å². The number of hydrogen-bond acceptors (Lipinski definition) is 2. The Bertz CT molecular complexity index is 140. The van der Waals surface area contributed by atoms with Crippen molar-refractivity contribution in [3.63, 3.8) is 0 Å². The zero-order chi connectivity index (χ0) is 9.73. The van der Waals surface area contributed by atoms with Gasteiger partial charge in [0.25, 0.3) is 0 Å². The maximum Gasteiger partial charge on any atom is 0.125 e. The van der Waals surface area contributed by atoms with Gasteiger partial charge in [0.2, 0.25) is 0 Å². The molecular weight excluding hydrogens is 167 g/mol. The van der Waals surface area contributed by atoms with E-state index in [2.05, 4.69) is 24.1 Å². The van der Waals surface area contributed by atoms with Crippen LogP contribution in [0.15, 0.2) is 0 Å². The quantitative estimate of drug-likeness (QED) is 0.702. The smallest absolute Gasteiger partial charge is 0.125 e. The molecule has 1 aliphatic heterocycles. The first-order valence-electron chi connectivity index (χ1n) is 5.32. The Morgan fingerprint density at radius 2 is 2.08 bits per heavy atom. The lowest BCUT2D eigenvalue weighted by Gasteiger charge is -2.23.